The maximum atomic E-state index is 13.3. The first-order chi connectivity index (χ1) is 10.5. The van der Waals surface area contributed by atoms with Crippen LogP contribution in [0.3, 0.4) is 0 Å². The van der Waals surface area contributed by atoms with Crippen LogP contribution in [0.2, 0.25) is 0 Å². The van der Waals surface area contributed by atoms with Crippen molar-refractivity contribution in [2.45, 2.75) is 4.90 Å². The van der Waals surface area contributed by atoms with Crippen molar-refractivity contribution < 1.29 is 12.8 Å². The normalized spacial score (nSPS) is 11.5. The van der Waals surface area contributed by atoms with Crippen LogP contribution < -0.4 is 4.31 Å². The molecule has 0 aliphatic rings. The third-order valence-corrected chi connectivity index (χ3v) is 5.33. The highest BCUT2D eigenvalue weighted by molar-refractivity contribution is 7.92. The molecule has 112 valence electrons. The Labute approximate surface area is 128 Å². The van der Waals surface area contributed by atoms with Gasteiger partial charge in [0.25, 0.3) is 10.0 Å². The van der Waals surface area contributed by atoms with Gasteiger partial charge in [0.2, 0.25) is 0 Å². The maximum Gasteiger partial charge on any atom is 0.264 e. The molecule has 3 aromatic carbocycles. The van der Waals surface area contributed by atoms with Gasteiger partial charge in [-0.1, -0.05) is 36.4 Å². The molecule has 0 atom stereocenters. The third-order valence-electron chi connectivity index (χ3n) is 3.55. The van der Waals surface area contributed by atoms with Crippen molar-refractivity contribution >= 4 is 26.5 Å². The first-order valence-corrected chi connectivity index (χ1v) is 8.16. The lowest BCUT2D eigenvalue weighted by Crippen LogP contribution is -2.26. The van der Waals surface area contributed by atoms with Crippen molar-refractivity contribution in [1.29, 1.82) is 0 Å². The second kappa shape index (κ2) is 5.42. The van der Waals surface area contributed by atoms with E-state index in [1.54, 1.807) is 12.1 Å². The van der Waals surface area contributed by atoms with Gasteiger partial charge in [-0.15, -0.1) is 0 Å². The molecule has 0 aromatic heterocycles. The van der Waals surface area contributed by atoms with E-state index in [1.807, 2.05) is 30.3 Å². The fourth-order valence-electron chi connectivity index (χ4n) is 2.30. The summed E-state index contributed by atoms with van der Waals surface area (Å²) in [7, 11) is -2.33. The summed E-state index contributed by atoms with van der Waals surface area (Å²) in [6, 6.07) is 18.1. The fourth-order valence-corrected chi connectivity index (χ4v) is 3.52. The molecule has 0 spiro atoms. The average molecular weight is 315 g/mol. The molecular weight excluding hydrogens is 301 g/mol. The number of rotatable bonds is 3. The molecule has 0 fully saturated rings. The Kier molecular flexibility index (Phi) is 3.58. The number of benzene rings is 3. The molecule has 0 amide bonds. The summed E-state index contributed by atoms with van der Waals surface area (Å²) in [6.07, 6.45) is 0. The predicted octanol–water partition coefficient (Wildman–Crippen LogP) is 3.80. The van der Waals surface area contributed by atoms with Crippen LogP contribution in [0.1, 0.15) is 0 Å². The first kappa shape index (κ1) is 14.5. The van der Waals surface area contributed by atoms with Crippen molar-refractivity contribution in [2.24, 2.45) is 0 Å². The zero-order valence-corrected chi connectivity index (χ0v) is 12.7. The van der Waals surface area contributed by atoms with E-state index >= 15 is 0 Å². The topological polar surface area (TPSA) is 37.4 Å². The Morgan fingerprint density at radius 2 is 1.59 bits per heavy atom. The zero-order valence-electron chi connectivity index (χ0n) is 11.9. The van der Waals surface area contributed by atoms with Crippen molar-refractivity contribution in [3.05, 3.63) is 72.5 Å². The minimum absolute atomic E-state index is 0.0665. The summed E-state index contributed by atoms with van der Waals surface area (Å²) >= 11 is 0. The molecule has 0 saturated heterocycles. The van der Waals surface area contributed by atoms with E-state index in [9.17, 15) is 12.8 Å². The monoisotopic (exact) mass is 315 g/mol. The van der Waals surface area contributed by atoms with Gasteiger partial charge in [0.15, 0.2) is 0 Å². The Morgan fingerprint density at radius 1 is 0.864 bits per heavy atom. The van der Waals surface area contributed by atoms with E-state index in [4.69, 9.17) is 0 Å². The Morgan fingerprint density at radius 3 is 2.32 bits per heavy atom. The zero-order chi connectivity index (χ0) is 15.7. The molecule has 3 nitrogen and oxygen atoms in total. The van der Waals surface area contributed by atoms with Gasteiger partial charge in [-0.2, -0.15) is 0 Å². The lowest BCUT2D eigenvalue weighted by molar-refractivity contribution is 0.589. The van der Waals surface area contributed by atoms with E-state index in [0.717, 1.165) is 21.1 Å². The number of sulfonamides is 1. The van der Waals surface area contributed by atoms with Crippen LogP contribution in [0, 0.1) is 5.82 Å². The fraction of sp³-hybridized carbons (Fsp3) is 0.0588. The quantitative estimate of drug-likeness (QED) is 0.737. The second-order valence-corrected chi connectivity index (χ2v) is 6.93. The molecule has 0 unspecified atom stereocenters. The van der Waals surface area contributed by atoms with Crippen LogP contribution >= 0.6 is 0 Å². The number of nitrogens with zero attached hydrogens (tertiary/aromatic N) is 1. The smallest absolute Gasteiger partial charge is 0.264 e. The first-order valence-electron chi connectivity index (χ1n) is 6.72. The maximum absolute atomic E-state index is 13.3. The second-order valence-electron chi connectivity index (χ2n) is 4.96. The molecule has 0 heterocycles. The SMILES string of the molecule is CN(c1ccc2ccccc2c1)S(=O)(=O)c1cccc(F)c1. The number of fused-ring (bicyclic) bond motifs is 1. The third kappa shape index (κ3) is 2.55. The summed E-state index contributed by atoms with van der Waals surface area (Å²) in [5, 5.41) is 1.98. The van der Waals surface area contributed by atoms with Crippen molar-refractivity contribution in [3.63, 3.8) is 0 Å². The van der Waals surface area contributed by atoms with Crippen LogP contribution in [0.15, 0.2) is 71.6 Å². The van der Waals surface area contributed by atoms with Crippen LogP contribution in [0.25, 0.3) is 10.8 Å². The molecule has 3 rings (SSSR count). The number of halogens is 1. The van der Waals surface area contributed by atoms with Gasteiger partial charge in [-0.05, 0) is 41.1 Å². The summed E-state index contributed by atoms with van der Waals surface area (Å²) in [4.78, 5) is -0.0665. The predicted molar refractivity (Wildman–Crippen MR) is 85.9 cm³/mol. The van der Waals surface area contributed by atoms with E-state index in [0.29, 0.717) is 5.69 Å². The molecule has 0 bridgehead atoms. The van der Waals surface area contributed by atoms with E-state index < -0.39 is 15.8 Å². The number of anilines is 1. The Balaban J connectivity index is 2.06. The Bertz CT molecular complexity index is 938. The minimum Gasteiger partial charge on any atom is -0.269 e. The highest BCUT2D eigenvalue weighted by Gasteiger charge is 2.21. The largest absolute Gasteiger partial charge is 0.269 e. The van der Waals surface area contributed by atoms with Gasteiger partial charge < -0.3 is 0 Å². The van der Waals surface area contributed by atoms with Crippen LogP contribution in [0.5, 0.6) is 0 Å². The number of hydrogen-bond acceptors (Lipinski definition) is 2. The highest BCUT2D eigenvalue weighted by Crippen LogP contribution is 2.26. The lowest BCUT2D eigenvalue weighted by atomic mass is 10.1. The van der Waals surface area contributed by atoms with Gasteiger partial charge in [0, 0.05) is 7.05 Å². The average Bonchev–Trinajstić information content (AvgIpc) is 2.53. The molecule has 0 aliphatic carbocycles. The van der Waals surface area contributed by atoms with Crippen LogP contribution in [-0.4, -0.2) is 15.5 Å². The molecule has 0 saturated carbocycles. The Hall–Kier alpha value is -2.40. The summed E-state index contributed by atoms with van der Waals surface area (Å²) in [5.74, 6) is -0.576. The molecule has 22 heavy (non-hydrogen) atoms. The van der Waals surface area contributed by atoms with Crippen LogP contribution in [-0.2, 0) is 10.0 Å². The summed E-state index contributed by atoms with van der Waals surface area (Å²) in [5.41, 5.74) is 0.531. The van der Waals surface area contributed by atoms with Gasteiger partial charge in [0.1, 0.15) is 5.82 Å². The lowest BCUT2D eigenvalue weighted by Gasteiger charge is -2.20. The molecule has 0 aliphatic heterocycles. The van der Waals surface area contributed by atoms with E-state index in [1.165, 1.54) is 25.2 Å². The summed E-state index contributed by atoms with van der Waals surface area (Å²) in [6.45, 7) is 0. The molecule has 3 aromatic rings. The number of hydrogen-bond donors (Lipinski definition) is 0. The van der Waals surface area contributed by atoms with E-state index in [-0.39, 0.29) is 4.90 Å². The van der Waals surface area contributed by atoms with Crippen molar-refractivity contribution in [1.82, 2.24) is 0 Å². The standard InChI is InChI=1S/C17H14FNO2S/c1-19(22(20,21)17-8-4-7-15(18)12-17)16-10-9-13-5-2-3-6-14(13)11-16/h2-12H,1H3. The van der Waals surface area contributed by atoms with Gasteiger partial charge in [0.05, 0.1) is 10.6 Å². The van der Waals surface area contributed by atoms with Crippen molar-refractivity contribution in [3.8, 4) is 0 Å². The van der Waals surface area contributed by atoms with Gasteiger partial charge in [-0.25, -0.2) is 12.8 Å². The van der Waals surface area contributed by atoms with Gasteiger partial charge >= 0.3 is 0 Å². The van der Waals surface area contributed by atoms with E-state index in [2.05, 4.69) is 0 Å². The minimum atomic E-state index is -3.79. The molecule has 0 N–H and O–H groups in total. The molecule has 5 heteroatoms. The van der Waals surface area contributed by atoms with Gasteiger partial charge in [-0.3, -0.25) is 4.31 Å². The summed E-state index contributed by atoms with van der Waals surface area (Å²) < 4.78 is 39.6. The highest BCUT2D eigenvalue weighted by atomic mass is 32.2. The van der Waals surface area contributed by atoms with Crippen molar-refractivity contribution in [2.75, 3.05) is 11.4 Å². The van der Waals surface area contributed by atoms with Crippen LogP contribution in [0.4, 0.5) is 10.1 Å². The molecule has 0 radical (unpaired) electrons. The molecular formula is C17H14FNO2S.